The minimum absolute atomic E-state index is 0.0401. The first-order chi connectivity index (χ1) is 9.08. The van der Waals surface area contributed by atoms with Gasteiger partial charge in [-0.1, -0.05) is 11.6 Å². The number of carboxylic acid groups (broad SMARTS) is 1. The van der Waals surface area contributed by atoms with Gasteiger partial charge in [0.2, 0.25) is 0 Å². The third kappa shape index (κ3) is 3.38. The van der Waals surface area contributed by atoms with E-state index in [4.69, 9.17) is 21.4 Å². The minimum Gasteiger partial charge on any atom is -0.483 e. The van der Waals surface area contributed by atoms with Crippen LogP contribution < -0.4 is 4.74 Å². The Balaban J connectivity index is 2.02. The number of hydrogen-bond acceptors (Lipinski definition) is 3. The zero-order valence-electron chi connectivity index (χ0n) is 10.3. The van der Waals surface area contributed by atoms with Gasteiger partial charge in [0, 0.05) is 18.1 Å². The van der Waals surface area contributed by atoms with Gasteiger partial charge in [-0.05, 0) is 31.0 Å². The van der Waals surface area contributed by atoms with E-state index in [1.54, 1.807) is 4.90 Å². The van der Waals surface area contributed by atoms with Crippen molar-refractivity contribution < 1.29 is 19.4 Å². The molecule has 0 aliphatic carbocycles. The molecule has 0 bridgehead atoms. The number of carboxylic acids is 1. The van der Waals surface area contributed by atoms with Gasteiger partial charge in [-0.3, -0.25) is 4.79 Å². The molecule has 0 saturated carbocycles. The molecule has 2 rings (SSSR count). The van der Waals surface area contributed by atoms with Crippen LogP contribution in [0, 0.1) is 0 Å². The van der Waals surface area contributed by atoms with E-state index in [0.717, 1.165) is 25.9 Å². The molecule has 0 atom stereocenters. The van der Waals surface area contributed by atoms with Crippen LogP contribution in [0.2, 0.25) is 5.02 Å². The van der Waals surface area contributed by atoms with Crippen LogP contribution in [0.25, 0.3) is 0 Å². The van der Waals surface area contributed by atoms with Crippen LogP contribution >= 0.6 is 11.6 Å². The lowest BCUT2D eigenvalue weighted by Crippen LogP contribution is -2.32. The lowest BCUT2D eigenvalue weighted by Gasteiger charge is -2.16. The molecule has 1 aliphatic rings. The summed E-state index contributed by atoms with van der Waals surface area (Å²) in [5.74, 6) is -1.10. The fourth-order valence-corrected chi connectivity index (χ4v) is 2.16. The molecule has 1 amide bonds. The topological polar surface area (TPSA) is 66.8 Å². The van der Waals surface area contributed by atoms with Crippen molar-refractivity contribution in [3.63, 3.8) is 0 Å². The first kappa shape index (κ1) is 13.7. The lowest BCUT2D eigenvalue weighted by molar-refractivity contribution is -0.132. The highest BCUT2D eigenvalue weighted by Gasteiger charge is 2.19. The van der Waals surface area contributed by atoms with E-state index < -0.39 is 5.97 Å². The Morgan fingerprint density at radius 1 is 1.32 bits per heavy atom. The number of aromatic carboxylic acids is 1. The predicted molar refractivity (Wildman–Crippen MR) is 69.7 cm³/mol. The second kappa shape index (κ2) is 5.93. The van der Waals surface area contributed by atoms with Crippen molar-refractivity contribution in [1.82, 2.24) is 4.90 Å². The SMILES string of the molecule is O=C(O)c1cc(Cl)ccc1OCC(=O)N1CCCC1. The van der Waals surface area contributed by atoms with E-state index in [-0.39, 0.29) is 23.8 Å². The average molecular weight is 284 g/mol. The standard InChI is InChI=1S/C13H14ClNO4/c14-9-3-4-11(10(7-9)13(17)18)19-8-12(16)15-5-1-2-6-15/h3-4,7H,1-2,5-6,8H2,(H,17,18). The number of carbonyl (C=O) groups excluding carboxylic acids is 1. The Labute approximate surface area is 115 Å². The maximum absolute atomic E-state index is 11.8. The lowest BCUT2D eigenvalue weighted by atomic mass is 10.2. The van der Waals surface area contributed by atoms with Crippen molar-refractivity contribution in [2.75, 3.05) is 19.7 Å². The first-order valence-electron chi connectivity index (χ1n) is 6.01. The van der Waals surface area contributed by atoms with E-state index in [0.29, 0.717) is 5.02 Å². The maximum atomic E-state index is 11.8. The van der Waals surface area contributed by atoms with Crippen LogP contribution in [0.4, 0.5) is 0 Å². The molecular formula is C13H14ClNO4. The largest absolute Gasteiger partial charge is 0.483 e. The molecule has 6 heteroatoms. The quantitative estimate of drug-likeness (QED) is 0.918. The normalized spacial score (nSPS) is 14.5. The van der Waals surface area contributed by atoms with Gasteiger partial charge >= 0.3 is 5.97 Å². The third-order valence-corrected chi connectivity index (χ3v) is 3.22. The number of likely N-dealkylation sites (tertiary alicyclic amines) is 1. The summed E-state index contributed by atoms with van der Waals surface area (Å²) in [6, 6.07) is 4.30. The summed E-state index contributed by atoms with van der Waals surface area (Å²) in [6.45, 7) is 1.34. The number of ether oxygens (including phenoxy) is 1. The number of hydrogen-bond donors (Lipinski definition) is 1. The van der Waals surface area contributed by atoms with Gasteiger partial charge in [0.05, 0.1) is 0 Å². The number of amides is 1. The molecule has 1 aliphatic heterocycles. The predicted octanol–water partition coefficient (Wildman–Crippen LogP) is 2.04. The molecule has 1 fully saturated rings. The second-order valence-corrected chi connectivity index (χ2v) is 4.76. The van der Waals surface area contributed by atoms with Crippen LogP contribution in [0.1, 0.15) is 23.2 Å². The molecule has 1 heterocycles. The highest BCUT2D eigenvalue weighted by Crippen LogP contribution is 2.23. The van der Waals surface area contributed by atoms with E-state index >= 15 is 0 Å². The summed E-state index contributed by atoms with van der Waals surface area (Å²) < 4.78 is 5.30. The van der Waals surface area contributed by atoms with Crippen molar-refractivity contribution in [3.8, 4) is 5.75 Å². The molecule has 0 spiro atoms. The molecule has 1 saturated heterocycles. The minimum atomic E-state index is -1.13. The summed E-state index contributed by atoms with van der Waals surface area (Å²) in [5, 5.41) is 9.35. The van der Waals surface area contributed by atoms with Gasteiger partial charge < -0.3 is 14.7 Å². The summed E-state index contributed by atoms with van der Waals surface area (Å²) in [7, 11) is 0. The van der Waals surface area contributed by atoms with Crippen LogP contribution in [0.15, 0.2) is 18.2 Å². The van der Waals surface area contributed by atoms with E-state index in [1.807, 2.05) is 0 Å². The Morgan fingerprint density at radius 2 is 2.00 bits per heavy atom. The Kier molecular flexibility index (Phi) is 4.27. The molecule has 5 nitrogen and oxygen atoms in total. The molecule has 0 aromatic heterocycles. The fraction of sp³-hybridized carbons (Fsp3) is 0.385. The van der Waals surface area contributed by atoms with Crippen molar-refractivity contribution in [1.29, 1.82) is 0 Å². The van der Waals surface area contributed by atoms with E-state index in [1.165, 1.54) is 18.2 Å². The fourth-order valence-electron chi connectivity index (χ4n) is 1.99. The van der Waals surface area contributed by atoms with Crippen molar-refractivity contribution in [3.05, 3.63) is 28.8 Å². The van der Waals surface area contributed by atoms with E-state index in [2.05, 4.69) is 0 Å². The molecule has 1 aromatic rings. The number of nitrogens with zero attached hydrogens (tertiary/aromatic N) is 1. The average Bonchev–Trinajstić information content (AvgIpc) is 2.90. The molecular weight excluding hydrogens is 270 g/mol. The summed E-state index contributed by atoms with van der Waals surface area (Å²) in [4.78, 5) is 24.6. The van der Waals surface area contributed by atoms with Crippen LogP contribution in [-0.4, -0.2) is 41.6 Å². The zero-order valence-corrected chi connectivity index (χ0v) is 11.0. The molecule has 19 heavy (non-hydrogen) atoms. The highest BCUT2D eigenvalue weighted by atomic mass is 35.5. The van der Waals surface area contributed by atoms with Gasteiger partial charge in [-0.2, -0.15) is 0 Å². The summed E-state index contributed by atoms with van der Waals surface area (Å²) in [5.41, 5.74) is -0.0401. The zero-order chi connectivity index (χ0) is 13.8. The van der Waals surface area contributed by atoms with Crippen LogP contribution in [0.5, 0.6) is 5.75 Å². The summed E-state index contributed by atoms with van der Waals surface area (Å²) >= 11 is 5.73. The molecule has 1 aromatic carbocycles. The molecule has 0 unspecified atom stereocenters. The highest BCUT2D eigenvalue weighted by molar-refractivity contribution is 6.31. The Hall–Kier alpha value is -1.75. The smallest absolute Gasteiger partial charge is 0.339 e. The molecule has 0 radical (unpaired) electrons. The van der Waals surface area contributed by atoms with Gasteiger partial charge in [0.15, 0.2) is 6.61 Å². The first-order valence-corrected chi connectivity index (χ1v) is 6.39. The van der Waals surface area contributed by atoms with Crippen molar-refractivity contribution >= 4 is 23.5 Å². The third-order valence-electron chi connectivity index (χ3n) is 2.98. The molecule has 102 valence electrons. The Morgan fingerprint density at radius 3 is 2.63 bits per heavy atom. The van der Waals surface area contributed by atoms with Crippen molar-refractivity contribution in [2.24, 2.45) is 0 Å². The van der Waals surface area contributed by atoms with Gasteiger partial charge in [-0.15, -0.1) is 0 Å². The number of benzene rings is 1. The summed E-state index contributed by atoms with van der Waals surface area (Å²) in [6.07, 6.45) is 2.01. The molecule has 1 N–H and O–H groups in total. The Bertz CT molecular complexity index is 497. The van der Waals surface area contributed by atoms with Crippen LogP contribution in [-0.2, 0) is 4.79 Å². The monoisotopic (exact) mass is 283 g/mol. The van der Waals surface area contributed by atoms with Crippen molar-refractivity contribution in [2.45, 2.75) is 12.8 Å². The number of halogens is 1. The maximum Gasteiger partial charge on any atom is 0.339 e. The van der Waals surface area contributed by atoms with Gasteiger partial charge in [-0.25, -0.2) is 4.79 Å². The van der Waals surface area contributed by atoms with Gasteiger partial charge in [0.1, 0.15) is 11.3 Å². The van der Waals surface area contributed by atoms with Gasteiger partial charge in [0.25, 0.3) is 5.91 Å². The second-order valence-electron chi connectivity index (χ2n) is 4.32. The van der Waals surface area contributed by atoms with Crippen LogP contribution in [0.3, 0.4) is 0 Å². The number of carbonyl (C=O) groups is 2. The van der Waals surface area contributed by atoms with E-state index in [9.17, 15) is 9.59 Å². The number of rotatable bonds is 4.